The van der Waals surface area contributed by atoms with Crippen molar-refractivity contribution >= 4 is 0 Å². The van der Waals surface area contributed by atoms with Gasteiger partial charge in [-0.15, -0.1) is 0 Å². The quantitative estimate of drug-likeness (QED) is 0.727. The molecule has 1 aromatic carbocycles. The Morgan fingerprint density at radius 3 is 2.25 bits per heavy atom. The first-order valence-corrected chi connectivity index (χ1v) is 6.55. The van der Waals surface area contributed by atoms with Gasteiger partial charge in [0.2, 0.25) is 0 Å². The topological polar surface area (TPSA) is 17.3 Å². The largest absolute Gasteiger partial charge is 1.00 e. The van der Waals surface area contributed by atoms with E-state index in [0.717, 1.165) is 31.5 Å². The van der Waals surface area contributed by atoms with Crippen molar-refractivity contribution in [3.05, 3.63) is 41.2 Å². The van der Waals surface area contributed by atoms with Gasteiger partial charge in [-0.1, -0.05) is 41.9 Å². The summed E-state index contributed by atoms with van der Waals surface area (Å²) in [4.78, 5) is 2.19. The molecule has 1 atom stereocenters. The van der Waals surface area contributed by atoms with Crippen LogP contribution in [0.25, 0.3) is 5.32 Å². The number of alkyl halides is 3. The van der Waals surface area contributed by atoms with Crippen molar-refractivity contribution in [3.63, 3.8) is 0 Å². The number of likely N-dealkylation sites (tertiary alicyclic amines) is 1. The molecule has 2 rings (SSSR count). The van der Waals surface area contributed by atoms with E-state index in [1.165, 1.54) is 0 Å². The molecule has 0 amide bonds. The number of nitrogens with zero attached hydrogens (tertiary/aromatic N) is 2. The summed E-state index contributed by atoms with van der Waals surface area (Å²) in [5.41, 5.74) is 0.860. The molecule has 0 radical (unpaired) electrons. The summed E-state index contributed by atoms with van der Waals surface area (Å²) in [6.45, 7) is 1.44. The van der Waals surface area contributed by atoms with Crippen LogP contribution in [0.2, 0.25) is 0 Å². The molecule has 20 heavy (non-hydrogen) atoms. The fourth-order valence-corrected chi connectivity index (χ4v) is 2.37. The average Bonchev–Trinajstić information content (AvgIpc) is 2.87. The molecule has 0 aliphatic carbocycles. The van der Waals surface area contributed by atoms with Gasteiger partial charge < -0.3 is 10.2 Å². The monoisotopic (exact) mass is 278 g/mol. The number of rotatable bonds is 5. The zero-order valence-corrected chi connectivity index (χ0v) is 11.7. The van der Waals surface area contributed by atoms with E-state index in [9.17, 15) is 13.2 Å². The minimum atomic E-state index is -4.22. The molecule has 0 spiro atoms. The molecule has 1 fully saturated rings. The first kappa shape index (κ1) is 17.6. The van der Waals surface area contributed by atoms with Gasteiger partial charge in [0.15, 0.2) is 0 Å². The Bertz CT molecular complexity index is 378. The predicted molar refractivity (Wildman–Crippen MR) is 69.1 cm³/mol. The van der Waals surface area contributed by atoms with Gasteiger partial charge in [0.25, 0.3) is 0 Å². The van der Waals surface area contributed by atoms with Crippen LogP contribution in [0.4, 0.5) is 13.2 Å². The second-order valence-corrected chi connectivity index (χ2v) is 4.89. The van der Waals surface area contributed by atoms with Gasteiger partial charge >= 0.3 is 25.0 Å². The Hall–Kier alpha value is -0.473. The summed E-state index contributed by atoms with van der Waals surface area (Å²) in [6, 6.07) is 8.85. The van der Waals surface area contributed by atoms with Crippen molar-refractivity contribution in [3.8, 4) is 0 Å². The number of hydrogen-bond donors (Lipinski definition) is 0. The van der Waals surface area contributed by atoms with Gasteiger partial charge in [0.05, 0.1) is 0 Å². The van der Waals surface area contributed by atoms with Crippen molar-refractivity contribution in [2.45, 2.75) is 25.1 Å². The molecule has 0 bridgehead atoms. The molecule has 1 heterocycles. The number of benzene rings is 1. The van der Waals surface area contributed by atoms with Gasteiger partial charge in [-0.25, -0.2) is 0 Å². The minimum absolute atomic E-state index is 0. The Labute approximate surface area is 129 Å². The zero-order valence-electron chi connectivity index (χ0n) is 11.7. The Kier molecular flexibility index (Phi) is 7.11. The summed E-state index contributed by atoms with van der Waals surface area (Å²) in [5, 5.41) is 3.86. The summed E-state index contributed by atoms with van der Waals surface area (Å²) < 4.78 is 37.0. The molecule has 0 N–H and O–H groups in total. The second kappa shape index (κ2) is 8.09. The van der Waals surface area contributed by atoms with Gasteiger partial charge in [0, 0.05) is 0 Å². The molecule has 0 aromatic heterocycles. The SMILES string of the molecule is FC(F)(F)C[N-]C(CN1CCCC1)c1ccccc1.[Li+]. The average molecular weight is 278 g/mol. The maximum atomic E-state index is 12.3. The van der Waals surface area contributed by atoms with E-state index in [4.69, 9.17) is 0 Å². The van der Waals surface area contributed by atoms with Gasteiger partial charge in [-0.05, 0) is 39.0 Å². The van der Waals surface area contributed by atoms with Crippen LogP contribution in [-0.4, -0.2) is 37.3 Å². The number of hydrogen-bond acceptors (Lipinski definition) is 1. The third kappa shape index (κ3) is 5.88. The fraction of sp³-hybridized carbons (Fsp3) is 0.571. The van der Waals surface area contributed by atoms with E-state index >= 15 is 0 Å². The normalized spacial score (nSPS) is 17.8. The van der Waals surface area contributed by atoms with Crippen molar-refractivity contribution in [1.29, 1.82) is 0 Å². The Morgan fingerprint density at radius 1 is 1.10 bits per heavy atom. The van der Waals surface area contributed by atoms with Crippen LogP contribution in [0.1, 0.15) is 24.4 Å². The summed E-state index contributed by atoms with van der Waals surface area (Å²) in [7, 11) is 0. The summed E-state index contributed by atoms with van der Waals surface area (Å²) in [5.74, 6) is 0. The molecule has 2 nitrogen and oxygen atoms in total. The molecule has 1 saturated heterocycles. The maximum absolute atomic E-state index is 12.3. The summed E-state index contributed by atoms with van der Waals surface area (Å²) in [6.07, 6.45) is -1.97. The summed E-state index contributed by atoms with van der Waals surface area (Å²) >= 11 is 0. The first-order chi connectivity index (χ1) is 9.04. The van der Waals surface area contributed by atoms with E-state index in [1.54, 1.807) is 0 Å². The molecule has 0 saturated carbocycles. The Morgan fingerprint density at radius 2 is 1.70 bits per heavy atom. The van der Waals surface area contributed by atoms with Crippen LogP contribution in [0.5, 0.6) is 0 Å². The minimum Gasteiger partial charge on any atom is -0.647 e. The van der Waals surface area contributed by atoms with E-state index < -0.39 is 12.7 Å². The Balaban J connectivity index is 0.00000200. The second-order valence-electron chi connectivity index (χ2n) is 4.89. The van der Waals surface area contributed by atoms with Gasteiger partial charge in [-0.3, -0.25) is 0 Å². The van der Waals surface area contributed by atoms with Gasteiger partial charge in [-0.2, -0.15) is 13.2 Å². The van der Waals surface area contributed by atoms with E-state index in [2.05, 4.69) is 10.2 Å². The maximum Gasteiger partial charge on any atom is 1.00 e. The van der Waals surface area contributed by atoms with E-state index in [0.29, 0.717) is 6.54 Å². The van der Waals surface area contributed by atoms with E-state index in [1.807, 2.05) is 30.3 Å². The molecule has 1 aliphatic rings. The molecule has 1 aromatic rings. The van der Waals surface area contributed by atoms with Crippen molar-refractivity contribution in [2.75, 3.05) is 26.2 Å². The first-order valence-electron chi connectivity index (χ1n) is 6.55. The third-order valence-corrected chi connectivity index (χ3v) is 3.31. The molecular formula is C14H18F3LiN2. The molecule has 6 heteroatoms. The van der Waals surface area contributed by atoms with Crippen molar-refractivity contribution in [2.24, 2.45) is 0 Å². The zero-order chi connectivity index (χ0) is 13.7. The molecule has 1 aliphatic heterocycles. The standard InChI is InChI=1S/C14H18F3N2.Li/c15-14(16,17)11-18-13(10-19-8-4-5-9-19)12-6-2-1-3-7-12;/h1-3,6-7,13H,4-5,8-11H2;/q-1;+1. The van der Waals surface area contributed by atoms with Crippen molar-refractivity contribution in [1.82, 2.24) is 4.90 Å². The number of halogens is 3. The van der Waals surface area contributed by atoms with Crippen LogP contribution < -0.4 is 18.9 Å². The van der Waals surface area contributed by atoms with Crippen LogP contribution in [0, 0.1) is 0 Å². The molecular weight excluding hydrogens is 260 g/mol. The van der Waals surface area contributed by atoms with Crippen molar-refractivity contribution < 1.29 is 32.0 Å². The molecule has 106 valence electrons. The van der Waals surface area contributed by atoms with Crippen LogP contribution in [-0.2, 0) is 0 Å². The molecule has 1 unspecified atom stereocenters. The van der Waals surface area contributed by atoms with Crippen LogP contribution in [0.3, 0.4) is 0 Å². The predicted octanol–water partition coefficient (Wildman–Crippen LogP) is 0.763. The van der Waals surface area contributed by atoms with Gasteiger partial charge in [0.1, 0.15) is 0 Å². The third-order valence-electron chi connectivity index (χ3n) is 3.31. The van der Waals surface area contributed by atoms with Crippen LogP contribution >= 0.6 is 0 Å². The van der Waals surface area contributed by atoms with E-state index in [-0.39, 0.29) is 24.9 Å². The fourth-order valence-electron chi connectivity index (χ4n) is 2.37. The van der Waals surface area contributed by atoms with Crippen LogP contribution in [0.15, 0.2) is 30.3 Å². The smallest absolute Gasteiger partial charge is 0.647 e.